The summed E-state index contributed by atoms with van der Waals surface area (Å²) in [5.74, 6) is -0.683. The van der Waals surface area contributed by atoms with Crippen molar-refractivity contribution in [1.29, 1.82) is 0 Å². The Morgan fingerprint density at radius 3 is 2.23 bits per heavy atom. The quantitative estimate of drug-likeness (QED) is 0.296. The lowest BCUT2D eigenvalue weighted by atomic mass is 10.1. The zero-order chi connectivity index (χ0) is 28.4. The summed E-state index contributed by atoms with van der Waals surface area (Å²) < 4.78 is 28.9. The van der Waals surface area contributed by atoms with Gasteiger partial charge >= 0.3 is 0 Å². The van der Waals surface area contributed by atoms with Gasteiger partial charge in [-0.3, -0.25) is 13.9 Å². The summed E-state index contributed by atoms with van der Waals surface area (Å²) in [6.45, 7) is 7.96. The molecule has 0 aliphatic carbocycles. The normalized spacial score (nSPS) is 12.0. The van der Waals surface area contributed by atoms with Crippen molar-refractivity contribution < 1.29 is 18.0 Å². The number of carbonyl (C=O) groups excluding carboxylic acids is 2. The van der Waals surface area contributed by atoms with Gasteiger partial charge in [0.2, 0.25) is 11.8 Å². The molecule has 0 heterocycles. The zero-order valence-corrected chi connectivity index (χ0v) is 24.1. The van der Waals surface area contributed by atoms with E-state index in [1.807, 2.05) is 64.1 Å². The first-order valence-corrected chi connectivity index (χ1v) is 14.9. The summed E-state index contributed by atoms with van der Waals surface area (Å²) in [6.07, 6.45) is 2.17. The standard InChI is InChI=1S/C31H39N3O4S/c1-5-7-20-32-31(36)28(6-2)33(22-26-16-13-14-24(3)21-26)30(35)23-34(29-19-12-11-15-25(29)4)39(37,38)27-17-9-8-10-18-27/h8-19,21,28H,5-7,20,22-23H2,1-4H3,(H,32,36). The van der Waals surface area contributed by atoms with Crippen LogP contribution in [0.1, 0.15) is 49.8 Å². The monoisotopic (exact) mass is 549 g/mol. The van der Waals surface area contributed by atoms with Gasteiger partial charge in [0.05, 0.1) is 10.6 Å². The summed E-state index contributed by atoms with van der Waals surface area (Å²) in [6, 6.07) is 22.2. The molecule has 0 aromatic heterocycles. The van der Waals surface area contributed by atoms with Crippen LogP contribution in [-0.2, 0) is 26.2 Å². The molecule has 0 bridgehead atoms. The summed E-state index contributed by atoms with van der Waals surface area (Å²) >= 11 is 0. The highest BCUT2D eigenvalue weighted by molar-refractivity contribution is 7.92. The van der Waals surface area contributed by atoms with E-state index < -0.39 is 28.5 Å². The van der Waals surface area contributed by atoms with Crippen LogP contribution in [0, 0.1) is 13.8 Å². The number of anilines is 1. The Kier molecular flexibility index (Phi) is 10.7. The van der Waals surface area contributed by atoms with Crippen LogP contribution in [0.3, 0.4) is 0 Å². The maximum atomic E-state index is 14.1. The van der Waals surface area contributed by atoms with Gasteiger partial charge in [-0.1, -0.05) is 86.5 Å². The van der Waals surface area contributed by atoms with Crippen molar-refractivity contribution >= 4 is 27.5 Å². The molecule has 0 fully saturated rings. The first-order chi connectivity index (χ1) is 18.7. The molecule has 8 heteroatoms. The van der Waals surface area contributed by atoms with Crippen molar-refractivity contribution in [2.75, 3.05) is 17.4 Å². The van der Waals surface area contributed by atoms with Crippen LogP contribution < -0.4 is 9.62 Å². The predicted octanol–water partition coefficient (Wildman–Crippen LogP) is 5.22. The fraction of sp³-hybridized carbons (Fsp3) is 0.355. The van der Waals surface area contributed by atoms with Gasteiger partial charge in [0.25, 0.3) is 10.0 Å². The summed E-state index contributed by atoms with van der Waals surface area (Å²) in [4.78, 5) is 28.9. The van der Waals surface area contributed by atoms with Gasteiger partial charge in [-0.2, -0.15) is 0 Å². The van der Waals surface area contributed by atoms with Crippen molar-refractivity contribution in [2.24, 2.45) is 0 Å². The van der Waals surface area contributed by atoms with Crippen molar-refractivity contribution in [3.05, 3.63) is 95.6 Å². The molecule has 39 heavy (non-hydrogen) atoms. The first kappa shape index (κ1) is 29.9. The third-order valence-electron chi connectivity index (χ3n) is 6.65. The van der Waals surface area contributed by atoms with Crippen molar-refractivity contribution in [1.82, 2.24) is 10.2 Å². The third kappa shape index (κ3) is 7.69. The van der Waals surface area contributed by atoms with E-state index in [0.29, 0.717) is 18.7 Å². The fourth-order valence-corrected chi connectivity index (χ4v) is 6.01. The Morgan fingerprint density at radius 2 is 1.59 bits per heavy atom. The highest BCUT2D eigenvalue weighted by Crippen LogP contribution is 2.27. The number of carbonyl (C=O) groups is 2. The van der Waals surface area contributed by atoms with Gasteiger partial charge in [-0.05, 0) is 56.0 Å². The molecule has 3 rings (SSSR count). The number of para-hydroxylation sites is 1. The molecule has 0 aliphatic rings. The predicted molar refractivity (Wildman–Crippen MR) is 156 cm³/mol. The van der Waals surface area contributed by atoms with Gasteiger partial charge < -0.3 is 10.2 Å². The summed E-state index contributed by atoms with van der Waals surface area (Å²) in [5.41, 5.74) is 3.05. The average Bonchev–Trinajstić information content (AvgIpc) is 2.92. The van der Waals surface area contributed by atoms with E-state index in [1.165, 1.54) is 17.0 Å². The van der Waals surface area contributed by atoms with Gasteiger partial charge in [0.1, 0.15) is 12.6 Å². The Labute approximate surface area is 232 Å². The molecule has 1 atom stereocenters. The lowest BCUT2D eigenvalue weighted by molar-refractivity contribution is -0.140. The molecule has 0 saturated heterocycles. The van der Waals surface area contributed by atoms with Gasteiger partial charge in [0, 0.05) is 13.1 Å². The minimum Gasteiger partial charge on any atom is -0.354 e. The first-order valence-electron chi connectivity index (χ1n) is 13.4. The lowest BCUT2D eigenvalue weighted by Gasteiger charge is -2.33. The van der Waals surface area contributed by atoms with Crippen LogP contribution in [0.15, 0.2) is 83.8 Å². The molecule has 0 radical (unpaired) electrons. The molecule has 0 saturated carbocycles. The number of aryl methyl sites for hydroxylation is 2. The lowest BCUT2D eigenvalue weighted by Crippen LogP contribution is -2.52. The van der Waals surface area contributed by atoms with Gasteiger partial charge in [-0.25, -0.2) is 8.42 Å². The van der Waals surface area contributed by atoms with E-state index in [2.05, 4.69) is 5.32 Å². The molecule has 1 unspecified atom stereocenters. The summed E-state index contributed by atoms with van der Waals surface area (Å²) in [7, 11) is -4.07. The second-order valence-electron chi connectivity index (χ2n) is 9.69. The number of nitrogens with one attached hydrogen (secondary N) is 1. The fourth-order valence-electron chi connectivity index (χ4n) is 4.51. The van der Waals surface area contributed by atoms with Crippen LogP contribution in [0.4, 0.5) is 5.69 Å². The Morgan fingerprint density at radius 1 is 0.897 bits per heavy atom. The number of benzene rings is 3. The van der Waals surface area contributed by atoms with E-state index >= 15 is 0 Å². The van der Waals surface area contributed by atoms with Crippen LogP contribution in [0.2, 0.25) is 0 Å². The largest absolute Gasteiger partial charge is 0.354 e. The van der Waals surface area contributed by atoms with Crippen molar-refractivity contribution in [3.8, 4) is 0 Å². The number of unbranched alkanes of at least 4 members (excludes halogenated alkanes) is 1. The van der Waals surface area contributed by atoms with E-state index in [4.69, 9.17) is 0 Å². The molecule has 2 amide bonds. The minimum atomic E-state index is -4.07. The molecule has 3 aromatic rings. The Hall–Kier alpha value is -3.65. The molecule has 0 spiro atoms. The topological polar surface area (TPSA) is 86.8 Å². The molecule has 208 valence electrons. The Balaban J connectivity index is 2.03. The number of amides is 2. The zero-order valence-electron chi connectivity index (χ0n) is 23.3. The van der Waals surface area contributed by atoms with Crippen LogP contribution in [-0.4, -0.2) is 44.3 Å². The maximum Gasteiger partial charge on any atom is 0.264 e. The van der Waals surface area contributed by atoms with Crippen LogP contribution in [0.5, 0.6) is 0 Å². The van der Waals surface area contributed by atoms with E-state index in [1.54, 1.807) is 30.3 Å². The van der Waals surface area contributed by atoms with E-state index in [9.17, 15) is 18.0 Å². The number of hydrogen-bond donors (Lipinski definition) is 1. The van der Waals surface area contributed by atoms with Gasteiger partial charge in [-0.15, -0.1) is 0 Å². The highest BCUT2D eigenvalue weighted by Gasteiger charge is 2.34. The highest BCUT2D eigenvalue weighted by atomic mass is 32.2. The smallest absolute Gasteiger partial charge is 0.264 e. The number of rotatable bonds is 13. The van der Waals surface area contributed by atoms with Crippen molar-refractivity contribution in [3.63, 3.8) is 0 Å². The second-order valence-corrected chi connectivity index (χ2v) is 11.6. The second kappa shape index (κ2) is 13.9. The van der Waals surface area contributed by atoms with E-state index in [-0.39, 0.29) is 17.3 Å². The SMILES string of the molecule is CCCCNC(=O)C(CC)N(Cc1cccc(C)c1)C(=O)CN(c1ccccc1C)S(=O)(=O)c1ccccc1. The third-order valence-corrected chi connectivity index (χ3v) is 8.42. The average molecular weight is 550 g/mol. The molecule has 3 aromatic carbocycles. The molecule has 7 nitrogen and oxygen atoms in total. The summed E-state index contributed by atoms with van der Waals surface area (Å²) in [5, 5.41) is 2.95. The molecule has 0 aliphatic heterocycles. The molecule has 1 N–H and O–H groups in total. The van der Waals surface area contributed by atoms with Crippen LogP contribution in [0.25, 0.3) is 0 Å². The molecular weight excluding hydrogens is 510 g/mol. The van der Waals surface area contributed by atoms with Gasteiger partial charge in [0.15, 0.2) is 0 Å². The minimum absolute atomic E-state index is 0.0932. The number of nitrogens with zero attached hydrogens (tertiary/aromatic N) is 2. The Bertz CT molecular complexity index is 1360. The van der Waals surface area contributed by atoms with Crippen molar-refractivity contribution in [2.45, 2.75) is 64.4 Å². The van der Waals surface area contributed by atoms with E-state index in [0.717, 1.165) is 33.8 Å². The number of sulfonamides is 1. The molecular formula is C31H39N3O4S. The number of hydrogen-bond acceptors (Lipinski definition) is 4. The van der Waals surface area contributed by atoms with Crippen LogP contribution >= 0.6 is 0 Å². The maximum absolute atomic E-state index is 14.1.